The van der Waals surface area contributed by atoms with Crippen molar-refractivity contribution >= 4 is 15.9 Å². The van der Waals surface area contributed by atoms with Crippen molar-refractivity contribution in [3.8, 4) is 5.69 Å². The van der Waals surface area contributed by atoms with Crippen molar-refractivity contribution < 1.29 is 0 Å². The largest absolute Gasteiger partial charge is 0.306 e. The fraction of sp³-hybridized carbons (Fsp3) is 0.438. The molecule has 2 atom stereocenters. The Balaban J connectivity index is 1.99. The van der Waals surface area contributed by atoms with E-state index in [9.17, 15) is 0 Å². The summed E-state index contributed by atoms with van der Waals surface area (Å²) in [6, 6.07) is 7.32. The lowest BCUT2D eigenvalue weighted by molar-refractivity contribution is 0.334. The van der Waals surface area contributed by atoms with E-state index >= 15 is 0 Å². The Morgan fingerprint density at radius 2 is 2.20 bits per heavy atom. The summed E-state index contributed by atoms with van der Waals surface area (Å²) < 4.78 is 3.34. The maximum Gasteiger partial charge on any atom is 0.0995 e. The van der Waals surface area contributed by atoms with Crippen molar-refractivity contribution in [2.24, 2.45) is 0 Å². The van der Waals surface area contributed by atoms with Crippen LogP contribution in [0.4, 0.5) is 0 Å². The van der Waals surface area contributed by atoms with Gasteiger partial charge in [0, 0.05) is 16.6 Å². The number of halogens is 1. The second-order valence-corrected chi connectivity index (χ2v) is 6.44. The van der Waals surface area contributed by atoms with E-state index in [2.05, 4.69) is 62.8 Å². The Bertz CT molecular complexity index is 606. The zero-order valence-electron chi connectivity index (χ0n) is 11.9. The molecule has 1 aliphatic rings. The van der Waals surface area contributed by atoms with Gasteiger partial charge in [0.2, 0.25) is 0 Å². The number of aryl methyl sites for hydroxylation is 1. The van der Waals surface area contributed by atoms with Gasteiger partial charge in [-0.25, -0.2) is 4.98 Å². The molecule has 2 unspecified atom stereocenters. The lowest BCUT2D eigenvalue weighted by atomic mass is 9.97. The van der Waals surface area contributed by atoms with Crippen LogP contribution in [0.3, 0.4) is 0 Å². The molecular formula is C16H20BrN3. The second kappa shape index (κ2) is 5.70. The fourth-order valence-electron chi connectivity index (χ4n) is 2.95. The lowest BCUT2D eigenvalue weighted by Gasteiger charge is -2.29. The van der Waals surface area contributed by atoms with E-state index in [1.54, 1.807) is 0 Å². The predicted octanol–water partition coefficient (Wildman–Crippen LogP) is 4.15. The summed E-state index contributed by atoms with van der Waals surface area (Å²) in [6.45, 7) is 4.38. The number of aromatic nitrogens is 2. The van der Waals surface area contributed by atoms with Gasteiger partial charge in [-0.2, -0.15) is 0 Å². The minimum atomic E-state index is 0.397. The van der Waals surface area contributed by atoms with Gasteiger partial charge in [0.15, 0.2) is 0 Å². The average Bonchev–Trinajstić information content (AvgIpc) is 2.91. The molecule has 0 amide bonds. The SMILES string of the molecule is Cc1cccc(-n2cncc2C2CCCC(C)N2)c1Br. The monoisotopic (exact) mass is 333 g/mol. The molecule has 2 heterocycles. The predicted molar refractivity (Wildman–Crippen MR) is 85.2 cm³/mol. The van der Waals surface area contributed by atoms with Gasteiger partial charge < -0.3 is 9.88 Å². The highest BCUT2D eigenvalue weighted by Gasteiger charge is 2.23. The van der Waals surface area contributed by atoms with Crippen LogP contribution < -0.4 is 5.32 Å². The fourth-order valence-corrected chi connectivity index (χ4v) is 3.41. The normalized spacial score (nSPS) is 22.9. The van der Waals surface area contributed by atoms with Crippen LogP contribution >= 0.6 is 15.9 Å². The summed E-state index contributed by atoms with van der Waals surface area (Å²) in [5.74, 6) is 0. The van der Waals surface area contributed by atoms with Gasteiger partial charge >= 0.3 is 0 Å². The minimum Gasteiger partial charge on any atom is -0.306 e. The highest BCUT2D eigenvalue weighted by Crippen LogP contribution is 2.30. The second-order valence-electron chi connectivity index (χ2n) is 5.65. The summed E-state index contributed by atoms with van der Waals surface area (Å²) >= 11 is 3.70. The molecule has 1 N–H and O–H groups in total. The number of hydrogen-bond donors (Lipinski definition) is 1. The first-order valence-corrected chi connectivity index (χ1v) is 8.00. The van der Waals surface area contributed by atoms with E-state index in [-0.39, 0.29) is 0 Å². The number of piperidine rings is 1. The van der Waals surface area contributed by atoms with Crippen molar-refractivity contribution in [3.63, 3.8) is 0 Å². The molecular weight excluding hydrogens is 314 g/mol. The van der Waals surface area contributed by atoms with E-state index in [0.29, 0.717) is 12.1 Å². The van der Waals surface area contributed by atoms with Gasteiger partial charge in [0.1, 0.15) is 0 Å². The molecule has 2 aromatic rings. The van der Waals surface area contributed by atoms with E-state index < -0.39 is 0 Å². The Morgan fingerprint density at radius 3 is 3.00 bits per heavy atom. The van der Waals surface area contributed by atoms with Crippen LogP contribution in [0, 0.1) is 6.92 Å². The van der Waals surface area contributed by atoms with Gasteiger partial charge in [0.05, 0.1) is 23.9 Å². The first-order valence-electron chi connectivity index (χ1n) is 7.20. The van der Waals surface area contributed by atoms with E-state index in [1.807, 2.05) is 12.5 Å². The lowest BCUT2D eigenvalue weighted by Crippen LogP contribution is -2.35. The number of nitrogens with zero attached hydrogens (tertiary/aromatic N) is 2. The third-order valence-electron chi connectivity index (χ3n) is 4.07. The van der Waals surface area contributed by atoms with Crippen molar-refractivity contribution in [2.75, 3.05) is 0 Å². The minimum absolute atomic E-state index is 0.397. The van der Waals surface area contributed by atoms with E-state index in [0.717, 1.165) is 10.2 Å². The number of benzene rings is 1. The molecule has 0 aliphatic carbocycles. The quantitative estimate of drug-likeness (QED) is 0.894. The highest BCUT2D eigenvalue weighted by molar-refractivity contribution is 9.10. The molecule has 3 rings (SSSR count). The third-order valence-corrected chi connectivity index (χ3v) is 5.10. The summed E-state index contributed by atoms with van der Waals surface area (Å²) in [5.41, 5.74) is 3.66. The maximum absolute atomic E-state index is 4.37. The van der Waals surface area contributed by atoms with E-state index in [4.69, 9.17) is 0 Å². The van der Waals surface area contributed by atoms with Gasteiger partial charge in [-0.1, -0.05) is 12.1 Å². The first-order chi connectivity index (χ1) is 9.66. The Labute approximate surface area is 128 Å². The van der Waals surface area contributed by atoms with Gasteiger partial charge in [-0.15, -0.1) is 0 Å². The molecule has 0 spiro atoms. The molecule has 0 saturated carbocycles. The molecule has 3 nitrogen and oxygen atoms in total. The first kappa shape index (κ1) is 13.8. The topological polar surface area (TPSA) is 29.9 Å². The van der Waals surface area contributed by atoms with Crippen LogP contribution in [0.25, 0.3) is 5.69 Å². The van der Waals surface area contributed by atoms with Crippen LogP contribution in [0.2, 0.25) is 0 Å². The molecule has 1 aromatic carbocycles. The van der Waals surface area contributed by atoms with Crippen LogP contribution in [-0.2, 0) is 0 Å². The molecule has 0 radical (unpaired) electrons. The average molecular weight is 334 g/mol. The van der Waals surface area contributed by atoms with Crippen LogP contribution in [0.15, 0.2) is 35.2 Å². The zero-order valence-corrected chi connectivity index (χ0v) is 13.5. The molecule has 4 heteroatoms. The molecule has 0 bridgehead atoms. The Hall–Kier alpha value is -1.13. The summed E-state index contributed by atoms with van der Waals surface area (Å²) in [5, 5.41) is 3.69. The van der Waals surface area contributed by atoms with Gasteiger partial charge in [-0.05, 0) is 60.7 Å². The standard InChI is InChI=1S/C16H20BrN3/c1-11-5-3-8-14(16(11)17)20-10-18-9-15(20)13-7-4-6-12(2)19-13/h3,5,8-10,12-13,19H,4,6-7H2,1-2H3. The molecule has 1 aromatic heterocycles. The molecule has 1 saturated heterocycles. The smallest absolute Gasteiger partial charge is 0.0995 e. The summed E-state index contributed by atoms with van der Waals surface area (Å²) in [7, 11) is 0. The van der Waals surface area contributed by atoms with Gasteiger partial charge in [0.25, 0.3) is 0 Å². The number of nitrogens with one attached hydrogen (secondary N) is 1. The Morgan fingerprint density at radius 1 is 1.35 bits per heavy atom. The van der Waals surface area contributed by atoms with Crippen molar-refractivity contribution in [2.45, 2.75) is 45.2 Å². The highest BCUT2D eigenvalue weighted by atomic mass is 79.9. The van der Waals surface area contributed by atoms with Crippen LogP contribution in [0.1, 0.15) is 43.5 Å². The van der Waals surface area contributed by atoms with E-state index in [1.165, 1.54) is 30.5 Å². The number of imidazole rings is 1. The number of hydrogen-bond acceptors (Lipinski definition) is 2. The molecule has 1 aliphatic heterocycles. The molecule has 20 heavy (non-hydrogen) atoms. The van der Waals surface area contributed by atoms with Crippen LogP contribution in [-0.4, -0.2) is 15.6 Å². The van der Waals surface area contributed by atoms with Crippen molar-refractivity contribution in [3.05, 3.63) is 46.5 Å². The molecule has 106 valence electrons. The van der Waals surface area contributed by atoms with Crippen molar-refractivity contribution in [1.29, 1.82) is 0 Å². The zero-order chi connectivity index (χ0) is 14.1. The molecule has 1 fully saturated rings. The van der Waals surface area contributed by atoms with Crippen LogP contribution in [0.5, 0.6) is 0 Å². The summed E-state index contributed by atoms with van der Waals surface area (Å²) in [6.07, 6.45) is 7.62. The third kappa shape index (κ3) is 2.54. The summed E-state index contributed by atoms with van der Waals surface area (Å²) in [4.78, 5) is 4.37. The van der Waals surface area contributed by atoms with Crippen molar-refractivity contribution in [1.82, 2.24) is 14.9 Å². The Kier molecular flexibility index (Phi) is 3.94. The number of rotatable bonds is 2. The maximum atomic E-state index is 4.37. The van der Waals surface area contributed by atoms with Gasteiger partial charge in [-0.3, -0.25) is 0 Å².